The second-order valence-corrected chi connectivity index (χ2v) is 7.33. The van der Waals surface area contributed by atoms with E-state index < -0.39 is 10.8 Å². The Labute approximate surface area is 180 Å². The van der Waals surface area contributed by atoms with Gasteiger partial charge in [-0.2, -0.15) is 5.26 Å². The first-order chi connectivity index (χ1) is 14.7. The third kappa shape index (κ3) is 4.38. The third-order valence-corrected chi connectivity index (χ3v) is 5.18. The number of rotatable bonds is 5. The molecule has 0 bridgehead atoms. The Morgan fingerprint density at radius 3 is 2.45 bits per heavy atom. The Morgan fingerprint density at radius 1 is 1.10 bits per heavy atom. The normalized spacial score (nSPS) is 11.1. The lowest BCUT2D eigenvalue weighted by Crippen LogP contribution is -2.14. The van der Waals surface area contributed by atoms with Crippen molar-refractivity contribution in [2.45, 2.75) is 27.7 Å². The topological polar surface area (TPSA) is 101 Å². The number of hydrogen-bond acceptors (Lipinski definition) is 4. The van der Waals surface area contributed by atoms with Crippen molar-refractivity contribution < 1.29 is 9.72 Å². The highest BCUT2D eigenvalue weighted by atomic mass is 16.6. The number of nitro groups is 1. The number of carbonyl (C=O) groups is 1. The molecule has 3 aromatic rings. The SMILES string of the molecule is Cc1ccccc1NC(=O)/C(C#N)=C/c1cc(C)n(-c2ccc(C)c([N+](=O)[O-])c2)c1C. The van der Waals surface area contributed by atoms with E-state index in [2.05, 4.69) is 5.32 Å². The zero-order chi connectivity index (χ0) is 22.7. The van der Waals surface area contributed by atoms with Gasteiger partial charge in [0.15, 0.2) is 0 Å². The Hall–Kier alpha value is -4.18. The summed E-state index contributed by atoms with van der Waals surface area (Å²) in [5, 5.41) is 23.6. The molecule has 0 aliphatic rings. The van der Waals surface area contributed by atoms with E-state index in [1.165, 1.54) is 12.1 Å². The fraction of sp³-hybridized carbons (Fsp3) is 0.167. The lowest BCUT2D eigenvalue weighted by molar-refractivity contribution is -0.385. The van der Waals surface area contributed by atoms with E-state index in [1.54, 1.807) is 19.1 Å². The largest absolute Gasteiger partial charge is 0.321 e. The lowest BCUT2D eigenvalue weighted by atomic mass is 10.1. The smallest absolute Gasteiger partial charge is 0.274 e. The molecule has 1 amide bonds. The van der Waals surface area contributed by atoms with Crippen LogP contribution in [0.1, 0.15) is 28.1 Å². The molecule has 1 heterocycles. The summed E-state index contributed by atoms with van der Waals surface area (Å²) >= 11 is 0. The molecule has 7 heteroatoms. The number of benzene rings is 2. The highest BCUT2D eigenvalue weighted by Gasteiger charge is 2.17. The van der Waals surface area contributed by atoms with Gasteiger partial charge in [-0.25, -0.2) is 0 Å². The first-order valence-corrected chi connectivity index (χ1v) is 9.66. The third-order valence-electron chi connectivity index (χ3n) is 5.18. The van der Waals surface area contributed by atoms with Gasteiger partial charge in [-0.15, -0.1) is 0 Å². The van der Waals surface area contributed by atoms with E-state index in [1.807, 2.05) is 61.7 Å². The summed E-state index contributed by atoms with van der Waals surface area (Å²) in [4.78, 5) is 23.6. The van der Waals surface area contributed by atoms with Crippen molar-refractivity contribution in [2.24, 2.45) is 0 Å². The van der Waals surface area contributed by atoms with Crippen LogP contribution in [0.5, 0.6) is 0 Å². The van der Waals surface area contributed by atoms with E-state index >= 15 is 0 Å². The van der Waals surface area contributed by atoms with Gasteiger partial charge in [-0.05, 0) is 63.1 Å². The number of amides is 1. The number of nitrogens with zero attached hydrogens (tertiary/aromatic N) is 3. The first kappa shape index (κ1) is 21.5. The van der Waals surface area contributed by atoms with E-state index in [-0.39, 0.29) is 11.3 Å². The number of nitro benzene ring substituents is 1. The zero-order valence-corrected chi connectivity index (χ0v) is 17.8. The second-order valence-electron chi connectivity index (χ2n) is 7.33. The van der Waals surface area contributed by atoms with Crippen molar-refractivity contribution in [1.29, 1.82) is 5.26 Å². The summed E-state index contributed by atoms with van der Waals surface area (Å²) in [5.41, 5.74) is 5.07. The Balaban J connectivity index is 1.99. The van der Waals surface area contributed by atoms with Crippen LogP contribution in [0, 0.1) is 49.1 Å². The van der Waals surface area contributed by atoms with Crippen LogP contribution in [0.2, 0.25) is 0 Å². The maximum atomic E-state index is 12.6. The van der Waals surface area contributed by atoms with Gasteiger partial charge in [0, 0.05) is 28.7 Å². The summed E-state index contributed by atoms with van der Waals surface area (Å²) in [5.74, 6) is -0.493. The molecular formula is C24H22N4O3. The van der Waals surface area contributed by atoms with Crippen LogP contribution in [-0.2, 0) is 4.79 Å². The fourth-order valence-corrected chi connectivity index (χ4v) is 3.47. The number of aryl methyl sites for hydroxylation is 3. The number of hydrogen-bond donors (Lipinski definition) is 1. The number of aromatic nitrogens is 1. The standard InChI is InChI=1S/C24H22N4O3/c1-15-7-5-6-8-22(15)26-24(29)20(14-25)12-19-11-17(3)27(18(19)4)21-10-9-16(2)23(13-21)28(30)31/h5-13H,1-4H3,(H,26,29)/b20-12+. The lowest BCUT2D eigenvalue weighted by Gasteiger charge is -2.10. The van der Waals surface area contributed by atoms with Gasteiger partial charge in [0.05, 0.1) is 10.6 Å². The molecule has 0 aliphatic heterocycles. The van der Waals surface area contributed by atoms with Crippen LogP contribution < -0.4 is 5.32 Å². The molecule has 3 rings (SSSR count). The predicted molar refractivity (Wildman–Crippen MR) is 120 cm³/mol. The molecule has 0 saturated carbocycles. The maximum Gasteiger partial charge on any atom is 0.274 e. The van der Waals surface area contributed by atoms with Crippen molar-refractivity contribution in [1.82, 2.24) is 4.57 Å². The van der Waals surface area contributed by atoms with Crippen LogP contribution in [0.3, 0.4) is 0 Å². The van der Waals surface area contributed by atoms with Gasteiger partial charge in [-0.1, -0.05) is 24.3 Å². The van der Waals surface area contributed by atoms with Crippen LogP contribution in [0.25, 0.3) is 11.8 Å². The van der Waals surface area contributed by atoms with Gasteiger partial charge in [0.2, 0.25) is 0 Å². The molecule has 7 nitrogen and oxygen atoms in total. The molecule has 0 saturated heterocycles. The maximum absolute atomic E-state index is 12.6. The van der Waals surface area contributed by atoms with E-state index in [9.17, 15) is 20.2 Å². The van der Waals surface area contributed by atoms with Crippen molar-refractivity contribution >= 4 is 23.4 Å². The molecular weight excluding hydrogens is 392 g/mol. The summed E-state index contributed by atoms with van der Waals surface area (Å²) in [6, 6.07) is 16.2. The van der Waals surface area contributed by atoms with Gasteiger partial charge >= 0.3 is 0 Å². The zero-order valence-electron chi connectivity index (χ0n) is 17.8. The van der Waals surface area contributed by atoms with Gasteiger partial charge in [0.25, 0.3) is 11.6 Å². The molecule has 0 atom stereocenters. The number of para-hydroxylation sites is 1. The molecule has 0 spiro atoms. The molecule has 1 aromatic heterocycles. The van der Waals surface area contributed by atoms with E-state index in [0.29, 0.717) is 22.5 Å². The van der Waals surface area contributed by atoms with Gasteiger partial charge in [-0.3, -0.25) is 14.9 Å². The van der Waals surface area contributed by atoms with Crippen LogP contribution in [0.15, 0.2) is 54.1 Å². The molecule has 0 unspecified atom stereocenters. The number of carbonyl (C=O) groups excluding carboxylic acids is 1. The Morgan fingerprint density at radius 2 is 1.81 bits per heavy atom. The van der Waals surface area contributed by atoms with Gasteiger partial charge in [0.1, 0.15) is 11.6 Å². The van der Waals surface area contributed by atoms with Crippen molar-refractivity contribution in [3.63, 3.8) is 0 Å². The molecule has 0 fully saturated rings. The molecule has 0 aliphatic carbocycles. The van der Waals surface area contributed by atoms with Gasteiger partial charge < -0.3 is 9.88 Å². The quantitative estimate of drug-likeness (QED) is 0.269. The van der Waals surface area contributed by atoms with Crippen LogP contribution >= 0.6 is 0 Å². The summed E-state index contributed by atoms with van der Waals surface area (Å²) in [7, 11) is 0. The van der Waals surface area contributed by atoms with Crippen LogP contribution in [0.4, 0.5) is 11.4 Å². The van der Waals surface area contributed by atoms with Crippen molar-refractivity contribution in [2.75, 3.05) is 5.32 Å². The average Bonchev–Trinajstić information content (AvgIpc) is 3.01. The highest BCUT2D eigenvalue weighted by Crippen LogP contribution is 2.27. The Bertz CT molecular complexity index is 1260. The molecule has 156 valence electrons. The molecule has 1 N–H and O–H groups in total. The first-order valence-electron chi connectivity index (χ1n) is 9.66. The Kier molecular flexibility index (Phi) is 6.02. The summed E-state index contributed by atoms with van der Waals surface area (Å²) in [6.07, 6.45) is 1.54. The number of nitriles is 1. The highest BCUT2D eigenvalue weighted by molar-refractivity contribution is 6.10. The summed E-state index contributed by atoms with van der Waals surface area (Å²) in [6.45, 7) is 7.28. The monoisotopic (exact) mass is 414 g/mol. The minimum Gasteiger partial charge on any atom is -0.321 e. The van der Waals surface area contributed by atoms with E-state index in [0.717, 1.165) is 17.0 Å². The van der Waals surface area contributed by atoms with Crippen molar-refractivity contribution in [3.8, 4) is 11.8 Å². The fourth-order valence-electron chi connectivity index (χ4n) is 3.47. The molecule has 31 heavy (non-hydrogen) atoms. The number of nitrogens with one attached hydrogen (secondary N) is 1. The minimum absolute atomic E-state index is 0.0293. The molecule has 2 aromatic carbocycles. The van der Waals surface area contributed by atoms with Crippen molar-refractivity contribution in [3.05, 3.63) is 92.3 Å². The average molecular weight is 414 g/mol. The second kappa shape index (κ2) is 8.67. The number of anilines is 1. The summed E-state index contributed by atoms with van der Waals surface area (Å²) < 4.78 is 1.87. The van der Waals surface area contributed by atoms with E-state index in [4.69, 9.17) is 0 Å². The van der Waals surface area contributed by atoms with Crippen LogP contribution in [-0.4, -0.2) is 15.4 Å². The predicted octanol–water partition coefficient (Wildman–Crippen LogP) is 5.16. The molecule has 0 radical (unpaired) electrons. The minimum atomic E-state index is -0.493.